The second-order valence-electron chi connectivity index (χ2n) is 6.04. The number of rotatable bonds is 2. The minimum Gasteiger partial charge on any atom is -0.337 e. The second-order valence-corrected chi connectivity index (χ2v) is 7.33. The van der Waals surface area contributed by atoms with Crippen molar-refractivity contribution in [1.29, 1.82) is 0 Å². The van der Waals surface area contributed by atoms with Crippen molar-refractivity contribution in [2.45, 2.75) is 25.7 Å². The van der Waals surface area contributed by atoms with E-state index in [4.69, 9.17) is 0 Å². The fourth-order valence-corrected chi connectivity index (χ4v) is 4.01. The van der Waals surface area contributed by atoms with Gasteiger partial charge in [0.15, 0.2) is 5.65 Å². The van der Waals surface area contributed by atoms with E-state index in [1.54, 1.807) is 17.5 Å². The molecular weight excluding hydrogens is 308 g/mol. The monoisotopic (exact) mass is 326 g/mol. The summed E-state index contributed by atoms with van der Waals surface area (Å²) in [6.45, 7) is 3.60. The Hall–Kier alpha value is -2.21. The Bertz CT molecular complexity index is 853. The number of piperidine rings is 1. The number of nitrogens with one attached hydrogen (secondary N) is 1. The van der Waals surface area contributed by atoms with Crippen LogP contribution in [0.25, 0.3) is 11.0 Å². The summed E-state index contributed by atoms with van der Waals surface area (Å²) in [5.74, 6) is 0.442. The van der Waals surface area contributed by atoms with Gasteiger partial charge in [-0.25, -0.2) is 4.98 Å². The standard InChI is InChI=1S/C17H18N4OS/c1-11-4-7-15(23-11)17(22)21-8-2-3-13(10-21)14-6-5-12-9-18-20-16(12)19-14/h4-7,9,13H,2-3,8,10H2,1H3,(H,18,19,20)/t13-/m0/s1. The molecule has 0 saturated carbocycles. The van der Waals surface area contributed by atoms with Crippen LogP contribution in [-0.4, -0.2) is 39.1 Å². The lowest BCUT2D eigenvalue weighted by Gasteiger charge is -2.32. The number of aromatic amines is 1. The molecular formula is C17H18N4OS. The summed E-state index contributed by atoms with van der Waals surface area (Å²) in [5, 5.41) is 7.96. The van der Waals surface area contributed by atoms with Gasteiger partial charge in [0, 0.05) is 35.0 Å². The summed E-state index contributed by atoms with van der Waals surface area (Å²) in [4.78, 5) is 21.3. The van der Waals surface area contributed by atoms with E-state index in [1.807, 2.05) is 30.0 Å². The summed E-state index contributed by atoms with van der Waals surface area (Å²) in [5.41, 5.74) is 1.86. The van der Waals surface area contributed by atoms with E-state index < -0.39 is 0 Å². The number of nitrogens with zero attached hydrogens (tertiary/aromatic N) is 3. The van der Waals surface area contributed by atoms with Crippen LogP contribution >= 0.6 is 11.3 Å². The van der Waals surface area contributed by atoms with Gasteiger partial charge in [-0.15, -0.1) is 11.3 Å². The van der Waals surface area contributed by atoms with Crippen LogP contribution in [0.2, 0.25) is 0 Å². The van der Waals surface area contributed by atoms with Crippen LogP contribution in [0.15, 0.2) is 30.5 Å². The third-order valence-electron chi connectivity index (χ3n) is 4.40. The van der Waals surface area contributed by atoms with Crippen molar-refractivity contribution in [2.75, 3.05) is 13.1 Å². The topological polar surface area (TPSA) is 61.9 Å². The molecule has 1 fully saturated rings. The number of carbonyl (C=O) groups is 1. The third kappa shape index (κ3) is 2.74. The van der Waals surface area contributed by atoms with E-state index in [1.165, 1.54) is 4.88 Å². The highest BCUT2D eigenvalue weighted by Gasteiger charge is 2.27. The van der Waals surface area contributed by atoms with Crippen molar-refractivity contribution >= 4 is 28.3 Å². The number of fused-ring (bicyclic) bond motifs is 1. The van der Waals surface area contributed by atoms with E-state index in [0.717, 1.165) is 47.5 Å². The van der Waals surface area contributed by atoms with E-state index >= 15 is 0 Å². The van der Waals surface area contributed by atoms with Gasteiger partial charge < -0.3 is 4.90 Å². The predicted molar refractivity (Wildman–Crippen MR) is 90.8 cm³/mol. The smallest absolute Gasteiger partial charge is 0.263 e. The first-order valence-corrected chi connectivity index (χ1v) is 8.68. The molecule has 1 saturated heterocycles. The Balaban J connectivity index is 1.55. The molecule has 5 nitrogen and oxygen atoms in total. The van der Waals surface area contributed by atoms with E-state index in [9.17, 15) is 4.79 Å². The van der Waals surface area contributed by atoms with Crippen molar-refractivity contribution in [3.8, 4) is 0 Å². The highest BCUT2D eigenvalue weighted by atomic mass is 32.1. The van der Waals surface area contributed by atoms with Gasteiger partial charge in [0.1, 0.15) is 0 Å². The predicted octanol–water partition coefficient (Wildman–Crippen LogP) is 3.35. The fraction of sp³-hybridized carbons (Fsp3) is 0.353. The first-order chi connectivity index (χ1) is 11.2. The van der Waals surface area contributed by atoms with Gasteiger partial charge in [0.2, 0.25) is 0 Å². The molecule has 1 N–H and O–H groups in total. The first-order valence-electron chi connectivity index (χ1n) is 7.86. The third-order valence-corrected chi connectivity index (χ3v) is 5.39. The Labute approximate surface area is 138 Å². The van der Waals surface area contributed by atoms with Crippen LogP contribution in [0.1, 0.15) is 39.0 Å². The Kier molecular flexibility index (Phi) is 3.61. The Morgan fingerprint density at radius 2 is 2.26 bits per heavy atom. The molecule has 3 aromatic heterocycles. The first kappa shape index (κ1) is 14.4. The number of amides is 1. The zero-order chi connectivity index (χ0) is 15.8. The van der Waals surface area contributed by atoms with E-state index in [0.29, 0.717) is 5.92 Å². The number of carbonyl (C=O) groups excluding carboxylic acids is 1. The number of hydrogen-bond acceptors (Lipinski definition) is 4. The van der Waals surface area contributed by atoms with Crippen LogP contribution in [0, 0.1) is 6.92 Å². The maximum Gasteiger partial charge on any atom is 0.263 e. The number of pyridine rings is 1. The average Bonchev–Trinajstić information content (AvgIpc) is 3.22. The second kappa shape index (κ2) is 5.77. The maximum atomic E-state index is 12.7. The molecule has 0 spiro atoms. The molecule has 4 rings (SSSR count). The van der Waals surface area contributed by atoms with Crippen molar-refractivity contribution in [1.82, 2.24) is 20.1 Å². The molecule has 1 aliphatic rings. The average molecular weight is 326 g/mol. The van der Waals surface area contributed by atoms with Gasteiger partial charge in [0.25, 0.3) is 5.91 Å². The minimum atomic E-state index is 0.149. The number of aromatic nitrogens is 3. The van der Waals surface area contributed by atoms with Crippen LogP contribution in [0.5, 0.6) is 0 Å². The molecule has 6 heteroatoms. The number of thiophene rings is 1. The zero-order valence-electron chi connectivity index (χ0n) is 13.0. The van der Waals surface area contributed by atoms with Crippen LogP contribution < -0.4 is 0 Å². The van der Waals surface area contributed by atoms with Gasteiger partial charge in [-0.1, -0.05) is 0 Å². The SMILES string of the molecule is Cc1ccc(C(=O)N2CCC[C@H](c3ccc4cn[nH]c4n3)C2)s1. The zero-order valence-corrected chi connectivity index (χ0v) is 13.8. The Morgan fingerprint density at radius 3 is 3.09 bits per heavy atom. The molecule has 118 valence electrons. The van der Waals surface area contributed by atoms with Crippen LogP contribution in [0.4, 0.5) is 0 Å². The molecule has 23 heavy (non-hydrogen) atoms. The Morgan fingerprint density at radius 1 is 1.35 bits per heavy atom. The molecule has 1 aliphatic heterocycles. The summed E-state index contributed by atoms with van der Waals surface area (Å²) < 4.78 is 0. The molecule has 0 aromatic carbocycles. The van der Waals surface area contributed by atoms with Crippen molar-refractivity contribution in [2.24, 2.45) is 0 Å². The minimum absolute atomic E-state index is 0.149. The fourth-order valence-electron chi connectivity index (χ4n) is 3.18. The summed E-state index contributed by atoms with van der Waals surface area (Å²) >= 11 is 1.57. The van der Waals surface area contributed by atoms with Gasteiger partial charge >= 0.3 is 0 Å². The van der Waals surface area contributed by atoms with Crippen molar-refractivity contribution < 1.29 is 4.79 Å². The number of likely N-dealkylation sites (tertiary alicyclic amines) is 1. The molecule has 0 aliphatic carbocycles. The largest absolute Gasteiger partial charge is 0.337 e. The van der Waals surface area contributed by atoms with Gasteiger partial charge in [-0.05, 0) is 44.0 Å². The van der Waals surface area contributed by atoms with Crippen LogP contribution in [-0.2, 0) is 0 Å². The lowest BCUT2D eigenvalue weighted by molar-refractivity contribution is 0.0711. The van der Waals surface area contributed by atoms with E-state index in [-0.39, 0.29) is 5.91 Å². The highest BCUT2D eigenvalue weighted by Crippen LogP contribution is 2.28. The molecule has 0 bridgehead atoms. The molecule has 3 aromatic rings. The molecule has 4 heterocycles. The lowest BCUT2D eigenvalue weighted by Crippen LogP contribution is -2.39. The molecule has 0 unspecified atom stereocenters. The van der Waals surface area contributed by atoms with E-state index in [2.05, 4.69) is 21.2 Å². The number of aryl methyl sites for hydroxylation is 1. The molecule has 0 radical (unpaired) electrons. The number of hydrogen-bond donors (Lipinski definition) is 1. The molecule has 1 amide bonds. The van der Waals surface area contributed by atoms with Gasteiger partial charge in [-0.2, -0.15) is 5.10 Å². The summed E-state index contributed by atoms with van der Waals surface area (Å²) in [7, 11) is 0. The van der Waals surface area contributed by atoms with Crippen molar-refractivity contribution in [3.05, 3.63) is 45.9 Å². The van der Waals surface area contributed by atoms with Crippen LogP contribution in [0.3, 0.4) is 0 Å². The normalized spacial score (nSPS) is 18.5. The summed E-state index contributed by atoms with van der Waals surface area (Å²) in [6.07, 6.45) is 3.87. The van der Waals surface area contributed by atoms with Gasteiger partial charge in [-0.3, -0.25) is 9.89 Å². The quantitative estimate of drug-likeness (QED) is 0.785. The van der Waals surface area contributed by atoms with Gasteiger partial charge in [0.05, 0.1) is 11.1 Å². The lowest BCUT2D eigenvalue weighted by atomic mass is 9.94. The van der Waals surface area contributed by atoms with Crippen molar-refractivity contribution in [3.63, 3.8) is 0 Å². The number of H-pyrrole nitrogens is 1. The highest BCUT2D eigenvalue weighted by molar-refractivity contribution is 7.13. The molecule has 1 atom stereocenters. The summed E-state index contributed by atoms with van der Waals surface area (Å²) in [6, 6.07) is 8.05. The maximum absolute atomic E-state index is 12.7.